The SMILES string of the molecule is CS(=O)(=O)c1ccc(F)cc1NCC(O)CCl. The summed E-state index contributed by atoms with van der Waals surface area (Å²) in [5.41, 5.74) is 0.122. The van der Waals surface area contributed by atoms with E-state index in [1.807, 2.05) is 0 Å². The lowest BCUT2D eigenvalue weighted by Gasteiger charge is -2.13. The van der Waals surface area contributed by atoms with Gasteiger partial charge in [-0.2, -0.15) is 0 Å². The van der Waals surface area contributed by atoms with E-state index < -0.39 is 21.8 Å². The third-order valence-corrected chi connectivity index (χ3v) is 3.56. The van der Waals surface area contributed by atoms with Crippen LogP contribution < -0.4 is 5.32 Å². The minimum atomic E-state index is -3.45. The average molecular weight is 282 g/mol. The Bertz CT molecular complexity index is 492. The summed E-state index contributed by atoms with van der Waals surface area (Å²) in [7, 11) is -3.45. The molecule has 0 saturated heterocycles. The lowest BCUT2D eigenvalue weighted by atomic mass is 10.3. The smallest absolute Gasteiger partial charge is 0.177 e. The zero-order valence-electron chi connectivity index (χ0n) is 9.15. The highest BCUT2D eigenvalue weighted by Crippen LogP contribution is 2.22. The molecule has 2 N–H and O–H groups in total. The highest BCUT2D eigenvalue weighted by molar-refractivity contribution is 7.90. The zero-order valence-corrected chi connectivity index (χ0v) is 10.7. The van der Waals surface area contributed by atoms with Crippen molar-refractivity contribution in [2.45, 2.75) is 11.0 Å². The lowest BCUT2D eigenvalue weighted by Crippen LogP contribution is -2.21. The van der Waals surface area contributed by atoms with Gasteiger partial charge in [0, 0.05) is 12.8 Å². The van der Waals surface area contributed by atoms with Crippen LogP contribution in [0.25, 0.3) is 0 Å². The van der Waals surface area contributed by atoms with Crippen LogP contribution in [0.15, 0.2) is 23.1 Å². The van der Waals surface area contributed by atoms with Crippen LogP contribution in [0.4, 0.5) is 10.1 Å². The molecular formula is C10H13ClFNO3S. The van der Waals surface area contributed by atoms with E-state index in [-0.39, 0.29) is 23.0 Å². The summed E-state index contributed by atoms with van der Waals surface area (Å²) in [4.78, 5) is -0.0133. The van der Waals surface area contributed by atoms with Crippen LogP contribution in [0.1, 0.15) is 0 Å². The minimum Gasteiger partial charge on any atom is -0.390 e. The van der Waals surface area contributed by atoms with Gasteiger partial charge in [0.15, 0.2) is 9.84 Å². The number of sulfone groups is 1. The Kier molecular flexibility index (Phi) is 4.73. The molecule has 4 nitrogen and oxygen atoms in total. The summed E-state index contributed by atoms with van der Waals surface area (Å²) in [5, 5.41) is 11.9. The molecule has 0 spiro atoms. The van der Waals surface area contributed by atoms with E-state index >= 15 is 0 Å². The normalized spacial score (nSPS) is 13.4. The summed E-state index contributed by atoms with van der Waals surface area (Å²) in [6, 6.07) is 3.32. The second kappa shape index (κ2) is 5.66. The molecule has 0 aliphatic carbocycles. The van der Waals surface area contributed by atoms with Crippen molar-refractivity contribution in [2.24, 2.45) is 0 Å². The first-order valence-corrected chi connectivity index (χ1v) is 7.24. The summed E-state index contributed by atoms with van der Waals surface area (Å²) >= 11 is 5.40. The van der Waals surface area contributed by atoms with Gasteiger partial charge in [-0.05, 0) is 18.2 Å². The van der Waals surface area contributed by atoms with Crippen molar-refractivity contribution in [3.63, 3.8) is 0 Å². The Morgan fingerprint density at radius 3 is 2.71 bits per heavy atom. The Morgan fingerprint density at radius 1 is 1.53 bits per heavy atom. The molecule has 1 aromatic rings. The highest BCUT2D eigenvalue weighted by Gasteiger charge is 2.14. The molecular weight excluding hydrogens is 269 g/mol. The number of rotatable bonds is 5. The first kappa shape index (κ1) is 14.2. The molecule has 1 rings (SSSR count). The van der Waals surface area contributed by atoms with Crippen molar-refractivity contribution in [2.75, 3.05) is 24.0 Å². The molecule has 1 aromatic carbocycles. The summed E-state index contributed by atoms with van der Waals surface area (Å²) in [5.74, 6) is -0.545. The van der Waals surface area contributed by atoms with Gasteiger partial charge in [-0.1, -0.05) is 0 Å². The summed E-state index contributed by atoms with van der Waals surface area (Å²) < 4.78 is 35.9. The standard InChI is InChI=1S/C10H13ClFNO3S/c1-17(15,16)10-3-2-7(12)4-9(10)13-6-8(14)5-11/h2-4,8,13-14H,5-6H2,1H3. The van der Waals surface area contributed by atoms with E-state index in [9.17, 15) is 17.9 Å². The monoisotopic (exact) mass is 281 g/mol. The third-order valence-electron chi connectivity index (χ3n) is 2.05. The summed E-state index contributed by atoms with van der Waals surface area (Å²) in [6.45, 7) is 0.0511. The van der Waals surface area contributed by atoms with Crippen molar-refractivity contribution < 1.29 is 17.9 Å². The Morgan fingerprint density at radius 2 is 2.18 bits per heavy atom. The van der Waals surface area contributed by atoms with Crippen LogP contribution in [0.2, 0.25) is 0 Å². The Hall–Kier alpha value is -0.850. The number of aliphatic hydroxyl groups excluding tert-OH is 1. The minimum absolute atomic E-state index is 0.0104. The van der Waals surface area contributed by atoms with Crippen molar-refractivity contribution in [1.82, 2.24) is 0 Å². The fraction of sp³-hybridized carbons (Fsp3) is 0.400. The Balaban J connectivity index is 3.00. The number of alkyl halides is 1. The topological polar surface area (TPSA) is 66.4 Å². The van der Waals surface area contributed by atoms with E-state index in [2.05, 4.69) is 5.32 Å². The molecule has 0 saturated carbocycles. The first-order valence-electron chi connectivity index (χ1n) is 4.82. The molecule has 0 aliphatic heterocycles. The number of hydrogen-bond acceptors (Lipinski definition) is 4. The fourth-order valence-electron chi connectivity index (χ4n) is 1.25. The van der Waals surface area contributed by atoms with E-state index in [1.54, 1.807) is 0 Å². The third kappa shape index (κ3) is 4.14. The van der Waals surface area contributed by atoms with E-state index in [1.165, 1.54) is 6.07 Å². The van der Waals surface area contributed by atoms with Crippen LogP contribution >= 0.6 is 11.6 Å². The van der Waals surface area contributed by atoms with Gasteiger partial charge in [-0.25, -0.2) is 12.8 Å². The molecule has 0 radical (unpaired) electrons. The molecule has 0 heterocycles. The predicted octanol–water partition coefficient (Wildman–Crippen LogP) is 1.24. The van der Waals surface area contributed by atoms with Gasteiger partial charge in [-0.15, -0.1) is 11.6 Å². The predicted molar refractivity (Wildman–Crippen MR) is 64.7 cm³/mol. The molecule has 1 atom stereocenters. The molecule has 96 valence electrons. The van der Waals surface area contributed by atoms with Crippen molar-refractivity contribution in [3.8, 4) is 0 Å². The van der Waals surface area contributed by atoms with E-state index in [4.69, 9.17) is 11.6 Å². The molecule has 17 heavy (non-hydrogen) atoms. The highest BCUT2D eigenvalue weighted by atomic mass is 35.5. The number of hydrogen-bond donors (Lipinski definition) is 2. The molecule has 7 heteroatoms. The second-order valence-corrected chi connectivity index (χ2v) is 5.89. The van der Waals surface area contributed by atoms with Crippen LogP contribution in [-0.2, 0) is 9.84 Å². The summed E-state index contributed by atoms with van der Waals surface area (Å²) in [6.07, 6.45) is 0.205. The van der Waals surface area contributed by atoms with Crippen molar-refractivity contribution >= 4 is 27.1 Å². The van der Waals surface area contributed by atoms with Gasteiger partial charge in [-0.3, -0.25) is 0 Å². The van der Waals surface area contributed by atoms with Crippen molar-refractivity contribution in [3.05, 3.63) is 24.0 Å². The van der Waals surface area contributed by atoms with E-state index in [0.29, 0.717) is 0 Å². The first-order chi connectivity index (χ1) is 7.84. The molecule has 1 unspecified atom stereocenters. The molecule has 0 aliphatic rings. The lowest BCUT2D eigenvalue weighted by molar-refractivity contribution is 0.211. The van der Waals surface area contributed by atoms with E-state index in [0.717, 1.165) is 18.4 Å². The maximum Gasteiger partial charge on any atom is 0.177 e. The number of halogens is 2. The van der Waals surface area contributed by atoms with Gasteiger partial charge >= 0.3 is 0 Å². The second-order valence-electron chi connectivity index (χ2n) is 3.60. The van der Waals surface area contributed by atoms with Crippen LogP contribution in [0.3, 0.4) is 0 Å². The van der Waals surface area contributed by atoms with Crippen molar-refractivity contribution in [1.29, 1.82) is 0 Å². The Labute approximate surface area is 104 Å². The van der Waals surface area contributed by atoms with Crippen LogP contribution in [0, 0.1) is 5.82 Å². The largest absolute Gasteiger partial charge is 0.390 e. The number of aliphatic hydroxyl groups is 1. The van der Waals surface area contributed by atoms with Crippen LogP contribution in [-0.4, -0.2) is 38.3 Å². The quantitative estimate of drug-likeness (QED) is 0.629. The zero-order chi connectivity index (χ0) is 13.1. The number of nitrogens with one attached hydrogen (secondary N) is 1. The molecule has 0 aromatic heterocycles. The average Bonchev–Trinajstić information content (AvgIpc) is 2.24. The molecule has 0 fully saturated rings. The number of anilines is 1. The van der Waals surface area contributed by atoms with Crippen LogP contribution in [0.5, 0.6) is 0 Å². The number of benzene rings is 1. The van der Waals surface area contributed by atoms with Gasteiger partial charge in [0.2, 0.25) is 0 Å². The van der Waals surface area contributed by atoms with Gasteiger partial charge in [0.05, 0.1) is 22.6 Å². The van der Waals surface area contributed by atoms with Gasteiger partial charge < -0.3 is 10.4 Å². The van der Waals surface area contributed by atoms with Gasteiger partial charge in [0.25, 0.3) is 0 Å². The van der Waals surface area contributed by atoms with Gasteiger partial charge in [0.1, 0.15) is 5.82 Å². The maximum absolute atomic E-state index is 13.0. The molecule has 0 bridgehead atoms. The maximum atomic E-state index is 13.0. The molecule has 0 amide bonds. The fourth-order valence-corrected chi connectivity index (χ4v) is 2.20.